The van der Waals surface area contributed by atoms with E-state index in [0.29, 0.717) is 6.54 Å². The number of aliphatic hydroxyl groups excluding tert-OH is 1. The second-order valence-electron chi connectivity index (χ2n) is 4.13. The molecule has 0 aromatic carbocycles. The van der Waals surface area contributed by atoms with Gasteiger partial charge < -0.3 is 10.0 Å². The quantitative estimate of drug-likeness (QED) is 0.704. The van der Waals surface area contributed by atoms with Gasteiger partial charge in [0, 0.05) is 13.1 Å². The van der Waals surface area contributed by atoms with Crippen molar-refractivity contribution in [1.82, 2.24) is 10.2 Å². The van der Waals surface area contributed by atoms with Gasteiger partial charge in [-0.25, -0.2) is 0 Å². The number of nitriles is 1. The van der Waals surface area contributed by atoms with E-state index >= 15 is 0 Å². The second-order valence-corrected chi connectivity index (χ2v) is 4.13. The molecule has 0 radical (unpaired) electrons. The maximum absolute atomic E-state index is 9.24. The Balaban J connectivity index is 2.54. The lowest BCUT2D eigenvalue weighted by Gasteiger charge is -2.26. The smallest absolute Gasteiger partial charge is 0.108 e. The molecule has 0 aromatic rings. The Morgan fingerprint density at radius 2 is 2.27 bits per heavy atom. The summed E-state index contributed by atoms with van der Waals surface area (Å²) in [6, 6.07) is 2.39. The molecule has 0 bridgehead atoms. The first kappa shape index (κ1) is 12.4. The Morgan fingerprint density at radius 3 is 2.87 bits per heavy atom. The van der Waals surface area contributed by atoms with Gasteiger partial charge in [0.15, 0.2) is 0 Å². The van der Waals surface area contributed by atoms with Crippen LogP contribution < -0.4 is 5.32 Å². The van der Waals surface area contributed by atoms with Gasteiger partial charge >= 0.3 is 0 Å². The number of β-amino-alcohol motifs (C(OH)–C–C–N with tert-alkyl or cyclic N) is 1. The lowest BCUT2D eigenvalue weighted by atomic mass is 9.92. The van der Waals surface area contributed by atoms with Crippen LogP contribution in [0.2, 0.25) is 0 Å². The monoisotopic (exact) mass is 211 g/mol. The molecule has 0 aliphatic carbocycles. The summed E-state index contributed by atoms with van der Waals surface area (Å²) in [6.07, 6.45) is 2.80. The summed E-state index contributed by atoms with van der Waals surface area (Å²) < 4.78 is 0. The summed E-state index contributed by atoms with van der Waals surface area (Å²) in [5.74, 6) is 0. The SMILES string of the molecule is CCN1CCCC(C#N)(NCCO)CC1. The Labute approximate surface area is 91.9 Å². The van der Waals surface area contributed by atoms with Crippen molar-refractivity contribution in [2.75, 3.05) is 32.8 Å². The molecule has 1 heterocycles. The summed E-state index contributed by atoms with van der Waals surface area (Å²) in [4.78, 5) is 2.37. The molecule has 1 unspecified atom stereocenters. The molecule has 2 N–H and O–H groups in total. The molecule has 0 saturated carbocycles. The third-order valence-electron chi connectivity index (χ3n) is 3.17. The van der Waals surface area contributed by atoms with E-state index in [4.69, 9.17) is 5.11 Å². The second kappa shape index (κ2) is 6.06. The van der Waals surface area contributed by atoms with Gasteiger partial charge in [-0.3, -0.25) is 5.32 Å². The van der Waals surface area contributed by atoms with Crippen LogP contribution in [0.4, 0.5) is 0 Å². The van der Waals surface area contributed by atoms with E-state index in [9.17, 15) is 5.26 Å². The van der Waals surface area contributed by atoms with Crippen molar-refractivity contribution in [3.8, 4) is 6.07 Å². The van der Waals surface area contributed by atoms with Crippen molar-refractivity contribution < 1.29 is 5.11 Å². The fraction of sp³-hybridized carbons (Fsp3) is 0.909. The molecule has 1 saturated heterocycles. The van der Waals surface area contributed by atoms with Crippen LogP contribution >= 0.6 is 0 Å². The van der Waals surface area contributed by atoms with Crippen LogP contribution in [-0.2, 0) is 0 Å². The van der Waals surface area contributed by atoms with Crippen molar-refractivity contribution in [3.05, 3.63) is 0 Å². The van der Waals surface area contributed by atoms with Gasteiger partial charge in [0.25, 0.3) is 0 Å². The highest BCUT2D eigenvalue weighted by atomic mass is 16.3. The molecule has 4 nitrogen and oxygen atoms in total. The average Bonchev–Trinajstić information content (AvgIpc) is 2.49. The fourth-order valence-corrected chi connectivity index (χ4v) is 2.13. The number of nitrogens with zero attached hydrogens (tertiary/aromatic N) is 2. The van der Waals surface area contributed by atoms with Crippen molar-refractivity contribution in [2.24, 2.45) is 0 Å². The first-order valence-corrected chi connectivity index (χ1v) is 5.76. The van der Waals surface area contributed by atoms with Gasteiger partial charge in [-0.2, -0.15) is 5.26 Å². The van der Waals surface area contributed by atoms with Crippen molar-refractivity contribution in [1.29, 1.82) is 5.26 Å². The van der Waals surface area contributed by atoms with E-state index in [0.717, 1.165) is 38.9 Å². The maximum atomic E-state index is 9.24. The molecule has 1 atom stereocenters. The summed E-state index contributed by atoms with van der Waals surface area (Å²) in [7, 11) is 0. The normalized spacial score (nSPS) is 28.3. The number of hydrogen-bond donors (Lipinski definition) is 2. The molecule has 0 spiro atoms. The fourth-order valence-electron chi connectivity index (χ4n) is 2.13. The molecule has 15 heavy (non-hydrogen) atoms. The number of rotatable bonds is 4. The Hall–Kier alpha value is -0.630. The van der Waals surface area contributed by atoms with E-state index in [1.165, 1.54) is 0 Å². The van der Waals surface area contributed by atoms with Crippen molar-refractivity contribution in [2.45, 2.75) is 31.7 Å². The minimum Gasteiger partial charge on any atom is -0.395 e. The third-order valence-corrected chi connectivity index (χ3v) is 3.17. The first-order chi connectivity index (χ1) is 7.26. The van der Waals surface area contributed by atoms with Gasteiger partial charge in [-0.15, -0.1) is 0 Å². The van der Waals surface area contributed by atoms with Crippen LogP contribution in [0.5, 0.6) is 0 Å². The molecular weight excluding hydrogens is 190 g/mol. The van der Waals surface area contributed by atoms with Crippen molar-refractivity contribution in [3.63, 3.8) is 0 Å². The summed E-state index contributed by atoms with van der Waals surface area (Å²) in [6.45, 7) is 5.88. The van der Waals surface area contributed by atoms with Gasteiger partial charge in [0.2, 0.25) is 0 Å². The predicted octanol–water partition coefficient (Wildman–Crippen LogP) is 0.336. The Bertz CT molecular complexity index is 226. The average molecular weight is 211 g/mol. The van der Waals surface area contributed by atoms with Gasteiger partial charge in [-0.1, -0.05) is 6.92 Å². The number of hydrogen-bond acceptors (Lipinski definition) is 4. The van der Waals surface area contributed by atoms with Crippen LogP contribution in [0.1, 0.15) is 26.2 Å². The number of likely N-dealkylation sites (tertiary alicyclic amines) is 1. The van der Waals surface area contributed by atoms with Gasteiger partial charge in [-0.05, 0) is 32.4 Å². The molecule has 0 amide bonds. The Kier molecular flexibility index (Phi) is 5.03. The topological polar surface area (TPSA) is 59.3 Å². The Morgan fingerprint density at radius 1 is 1.47 bits per heavy atom. The lowest BCUT2D eigenvalue weighted by Crippen LogP contribution is -2.45. The van der Waals surface area contributed by atoms with E-state index < -0.39 is 5.54 Å². The summed E-state index contributed by atoms with van der Waals surface area (Å²) >= 11 is 0. The molecule has 4 heteroatoms. The minimum atomic E-state index is -0.410. The van der Waals surface area contributed by atoms with E-state index in [-0.39, 0.29) is 6.61 Å². The molecule has 1 aliphatic heterocycles. The van der Waals surface area contributed by atoms with Crippen LogP contribution in [0, 0.1) is 11.3 Å². The van der Waals surface area contributed by atoms with Crippen LogP contribution in [-0.4, -0.2) is 48.3 Å². The summed E-state index contributed by atoms with van der Waals surface area (Å²) in [5.41, 5.74) is -0.410. The highest BCUT2D eigenvalue weighted by Crippen LogP contribution is 2.21. The highest BCUT2D eigenvalue weighted by Gasteiger charge is 2.31. The zero-order valence-electron chi connectivity index (χ0n) is 9.50. The molecule has 86 valence electrons. The van der Waals surface area contributed by atoms with Crippen LogP contribution in [0.15, 0.2) is 0 Å². The number of nitrogens with one attached hydrogen (secondary N) is 1. The standard InChI is InChI=1S/C11H21N3O/c1-2-14-7-3-4-11(10-12,5-8-14)13-6-9-15/h13,15H,2-9H2,1H3. The molecule has 1 aliphatic rings. The van der Waals surface area contributed by atoms with E-state index in [2.05, 4.69) is 23.2 Å². The molecule has 1 fully saturated rings. The third kappa shape index (κ3) is 3.45. The zero-order chi connectivity index (χ0) is 11.1. The van der Waals surface area contributed by atoms with Crippen LogP contribution in [0.25, 0.3) is 0 Å². The maximum Gasteiger partial charge on any atom is 0.108 e. The largest absolute Gasteiger partial charge is 0.395 e. The first-order valence-electron chi connectivity index (χ1n) is 5.76. The molecular formula is C11H21N3O. The van der Waals surface area contributed by atoms with E-state index in [1.54, 1.807) is 0 Å². The zero-order valence-corrected chi connectivity index (χ0v) is 9.50. The minimum absolute atomic E-state index is 0.0981. The van der Waals surface area contributed by atoms with E-state index in [1.807, 2.05) is 0 Å². The van der Waals surface area contributed by atoms with Crippen LogP contribution in [0.3, 0.4) is 0 Å². The predicted molar refractivity (Wildman–Crippen MR) is 59.4 cm³/mol. The molecule has 1 rings (SSSR count). The van der Waals surface area contributed by atoms with Gasteiger partial charge in [0.05, 0.1) is 12.7 Å². The summed E-state index contributed by atoms with van der Waals surface area (Å²) in [5, 5.41) is 21.2. The van der Waals surface area contributed by atoms with Gasteiger partial charge in [0.1, 0.15) is 5.54 Å². The molecule has 0 aromatic heterocycles. The number of aliphatic hydroxyl groups is 1. The lowest BCUT2D eigenvalue weighted by molar-refractivity contribution is 0.257. The highest BCUT2D eigenvalue weighted by molar-refractivity contribution is 5.08. The van der Waals surface area contributed by atoms with Crippen molar-refractivity contribution >= 4 is 0 Å².